The highest BCUT2D eigenvalue weighted by atomic mass is 35.5. The fourth-order valence-corrected chi connectivity index (χ4v) is 3.15. The maximum Gasteiger partial charge on any atom is 0.257 e. The maximum absolute atomic E-state index is 12.3. The van der Waals surface area contributed by atoms with Crippen molar-refractivity contribution < 1.29 is 4.79 Å². The average Bonchev–Trinajstić information content (AvgIpc) is 2.58. The first kappa shape index (κ1) is 16.2. The van der Waals surface area contributed by atoms with E-state index in [0.29, 0.717) is 15.6 Å². The predicted octanol–water partition coefficient (Wildman–Crippen LogP) is 5.24. The second-order valence-corrected chi connectivity index (χ2v) is 6.52. The lowest BCUT2D eigenvalue weighted by atomic mass is 10.1. The molecule has 0 atom stereocenters. The number of hydrogen-bond acceptors (Lipinski definition) is 2. The van der Waals surface area contributed by atoms with Gasteiger partial charge in [0.2, 0.25) is 0 Å². The van der Waals surface area contributed by atoms with Gasteiger partial charge in [0, 0.05) is 29.5 Å². The number of amides is 1. The summed E-state index contributed by atoms with van der Waals surface area (Å²) in [5, 5.41) is 3.73. The van der Waals surface area contributed by atoms with E-state index in [2.05, 4.69) is 10.2 Å². The summed E-state index contributed by atoms with van der Waals surface area (Å²) in [7, 11) is 0. The quantitative estimate of drug-likeness (QED) is 0.822. The molecule has 1 saturated heterocycles. The molecular formula is C18H18Cl2N2O. The van der Waals surface area contributed by atoms with Crippen LogP contribution in [-0.4, -0.2) is 19.0 Å². The minimum Gasteiger partial charge on any atom is -0.372 e. The fourth-order valence-electron chi connectivity index (χ4n) is 2.78. The summed E-state index contributed by atoms with van der Waals surface area (Å²) in [6, 6.07) is 12.8. The lowest BCUT2D eigenvalue weighted by Gasteiger charge is -2.28. The summed E-state index contributed by atoms with van der Waals surface area (Å²) in [6.45, 7) is 2.20. The predicted molar refractivity (Wildman–Crippen MR) is 96.9 cm³/mol. The average molecular weight is 349 g/mol. The van der Waals surface area contributed by atoms with Crippen LogP contribution in [0.5, 0.6) is 0 Å². The van der Waals surface area contributed by atoms with Crippen LogP contribution in [0.1, 0.15) is 29.6 Å². The second kappa shape index (κ2) is 7.24. The number of nitrogens with one attached hydrogen (secondary N) is 1. The van der Waals surface area contributed by atoms with Gasteiger partial charge < -0.3 is 10.2 Å². The molecule has 0 aliphatic carbocycles. The summed E-state index contributed by atoms with van der Waals surface area (Å²) < 4.78 is 0. The number of rotatable bonds is 3. The van der Waals surface area contributed by atoms with Crippen molar-refractivity contribution in [3.05, 3.63) is 58.1 Å². The van der Waals surface area contributed by atoms with Crippen LogP contribution in [0.3, 0.4) is 0 Å². The standard InChI is InChI=1S/C18H18Cl2N2O/c19-13-4-9-17(20)16(12-13)18(23)21-14-5-7-15(8-6-14)22-10-2-1-3-11-22/h4-9,12H,1-3,10-11H2,(H,21,23). The van der Waals surface area contributed by atoms with Crippen molar-refractivity contribution in [2.75, 3.05) is 23.3 Å². The molecule has 0 saturated carbocycles. The summed E-state index contributed by atoms with van der Waals surface area (Å²) in [5.41, 5.74) is 2.31. The summed E-state index contributed by atoms with van der Waals surface area (Å²) in [4.78, 5) is 14.7. The molecule has 3 rings (SSSR count). The molecule has 0 spiro atoms. The van der Waals surface area contributed by atoms with Crippen LogP contribution in [0.25, 0.3) is 0 Å². The molecule has 2 aromatic rings. The highest BCUT2D eigenvalue weighted by Crippen LogP contribution is 2.24. The summed E-state index contributed by atoms with van der Waals surface area (Å²) in [5.74, 6) is -0.261. The Morgan fingerprint density at radius 1 is 0.957 bits per heavy atom. The minimum absolute atomic E-state index is 0.261. The van der Waals surface area contributed by atoms with Crippen LogP contribution >= 0.6 is 23.2 Å². The molecule has 1 amide bonds. The Bertz CT molecular complexity index is 695. The van der Waals surface area contributed by atoms with Gasteiger partial charge in [0.1, 0.15) is 0 Å². The highest BCUT2D eigenvalue weighted by molar-refractivity contribution is 6.36. The molecule has 23 heavy (non-hydrogen) atoms. The number of carbonyl (C=O) groups is 1. The van der Waals surface area contributed by atoms with E-state index in [1.54, 1.807) is 18.2 Å². The van der Waals surface area contributed by atoms with Crippen molar-refractivity contribution in [2.24, 2.45) is 0 Å². The molecule has 0 unspecified atom stereocenters. The Labute approximate surface area is 146 Å². The van der Waals surface area contributed by atoms with E-state index in [-0.39, 0.29) is 5.91 Å². The van der Waals surface area contributed by atoms with Crippen LogP contribution in [0.4, 0.5) is 11.4 Å². The zero-order valence-corrected chi connectivity index (χ0v) is 14.2. The molecule has 5 heteroatoms. The van der Waals surface area contributed by atoms with E-state index in [0.717, 1.165) is 18.8 Å². The molecular weight excluding hydrogens is 331 g/mol. The first-order valence-corrected chi connectivity index (χ1v) is 8.50. The first-order valence-electron chi connectivity index (χ1n) is 7.75. The van der Waals surface area contributed by atoms with Crippen molar-refractivity contribution in [3.8, 4) is 0 Å². The Balaban J connectivity index is 1.70. The molecule has 3 nitrogen and oxygen atoms in total. The van der Waals surface area contributed by atoms with Gasteiger partial charge in [-0.2, -0.15) is 0 Å². The molecule has 2 aromatic carbocycles. The van der Waals surface area contributed by atoms with Gasteiger partial charge in [-0.3, -0.25) is 4.79 Å². The van der Waals surface area contributed by atoms with E-state index >= 15 is 0 Å². The molecule has 0 bridgehead atoms. The third-order valence-electron chi connectivity index (χ3n) is 4.02. The zero-order valence-electron chi connectivity index (χ0n) is 12.7. The monoisotopic (exact) mass is 348 g/mol. The van der Waals surface area contributed by atoms with E-state index in [1.165, 1.54) is 24.9 Å². The van der Waals surface area contributed by atoms with Crippen LogP contribution in [-0.2, 0) is 0 Å². The Hall–Kier alpha value is -1.71. The number of piperidine rings is 1. The summed E-state index contributed by atoms with van der Waals surface area (Å²) >= 11 is 12.0. The van der Waals surface area contributed by atoms with Gasteiger partial charge in [-0.1, -0.05) is 23.2 Å². The summed E-state index contributed by atoms with van der Waals surface area (Å²) in [6.07, 6.45) is 3.79. The van der Waals surface area contributed by atoms with Gasteiger partial charge >= 0.3 is 0 Å². The van der Waals surface area contributed by atoms with E-state index in [4.69, 9.17) is 23.2 Å². The zero-order chi connectivity index (χ0) is 16.2. The van der Waals surface area contributed by atoms with Crippen LogP contribution < -0.4 is 10.2 Å². The molecule has 1 fully saturated rings. The third kappa shape index (κ3) is 3.98. The van der Waals surface area contributed by atoms with Crippen molar-refractivity contribution >= 4 is 40.5 Å². The van der Waals surface area contributed by atoms with Crippen LogP contribution in [0.15, 0.2) is 42.5 Å². The number of nitrogens with zero attached hydrogens (tertiary/aromatic N) is 1. The van der Waals surface area contributed by atoms with Crippen molar-refractivity contribution in [1.29, 1.82) is 0 Å². The lowest BCUT2D eigenvalue weighted by Crippen LogP contribution is -2.29. The van der Waals surface area contributed by atoms with Gasteiger partial charge in [0.25, 0.3) is 5.91 Å². The van der Waals surface area contributed by atoms with Crippen LogP contribution in [0.2, 0.25) is 10.0 Å². The molecule has 0 radical (unpaired) electrons. The normalized spacial score (nSPS) is 14.6. The maximum atomic E-state index is 12.3. The Morgan fingerprint density at radius 3 is 2.35 bits per heavy atom. The number of benzene rings is 2. The van der Waals surface area contributed by atoms with Gasteiger partial charge in [0.05, 0.1) is 10.6 Å². The molecule has 1 aliphatic heterocycles. The molecule has 1 heterocycles. The third-order valence-corrected chi connectivity index (χ3v) is 4.58. The smallest absolute Gasteiger partial charge is 0.257 e. The largest absolute Gasteiger partial charge is 0.372 e. The first-order chi connectivity index (χ1) is 11.1. The van der Waals surface area contributed by atoms with Gasteiger partial charge in [-0.15, -0.1) is 0 Å². The second-order valence-electron chi connectivity index (χ2n) is 5.67. The lowest BCUT2D eigenvalue weighted by molar-refractivity contribution is 0.102. The van der Waals surface area contributed by atoms with E-state index in [9.17, 15) is 4.79 Å². The number of anilines is 2. The van der Waals surface area contributed by atoms with E-state index < -0.39 is 0 Å². The molecule has 120 valence electrons. The highest BCUT2D eigenvalue weighted by Gasteiger charge is 2.13. The van der Waals surface area contributed by atoms with Gasteiger partial charge in [-0.05, 0) is 61.7 Å². The Kier molecular flexibility index (Phi) is 5.09. The SMILES string of the molecule is O=C(Nc1ccc(N2CCCCC2)cc1)c1cc(Cl)ccc1Cl. The number of carbonyl (C=O) groups excluding carboxylic acids is 1. The van der Waals surface area contributed by atoms with Gasteiger partial charge in [-0.25, -0.2) is 0 Å². The minimum atomic E-state index is -0.261. The molecule has 1 aliphatic rings. The molecule has 0 aromatic heterocycles. The fraction of sp³-hybridized carbons (Fsp3) is 0.278. The Morgan fingerprint density at radius 2 is 1.65 bits per heavy atom. The van der Waals surface area contributed by atoms with Gasteiger partial charge in [0.15, 0.2) is 0 Å². The van der Waals surface area contributed by atoms with Crippen molar-refractivity contribution in [2.45, 2.75) is 19.3 Å². The van der Waals surface area contributed by atoms with Crippen LogP contribution in [0, 0.1) is 0 Å². The number of hydrogen-bond donors (Lipinski definition) is 1. The topological polar surface area (TPSA) is 32.3 Å². The van der Waals surface area contributed by atoms with Crippen molar-refractivity contribution in [3.63, 3.8) is 0 Å². The number of halogens is 2. The molecule has 1 N–H and O–H groups in total. The van der Waals surface area contributed by atoms with E-state index in [1.807, 2.05) is 24.3 Å². The van der Waals surface area contributed by atoms with Crippen molar-refractivity contribution in [1.82, 2.24) is 0 Å².